The van der Waals surface area contributed by atoms with Gasteiger partial charge in [-0.15, -0.1) is 0 Å². The fourth-order valence-corrected chi connectivity index (χ4v) is 3.62. The smallest absolute Gasteiger partial charge is 0.335 e. The molecule has 5 atom stereocenters. The number of methoxy groups -OCH3 is 1. The third-order valence-corrected chi connectivity index (χ3v) is 5.69. The topological polar surface area (TPSA) is 203 Å². The predicted octanol–water partition coefficient (Wildman–Crippen LogP) is 0.902. The summed E-state index contributed by atoms with van der Waals surface area (Å²) >= 11 is 0. The molecule has 0 saturated carbocycles. The van der Waals surface area contributed by atoms with Crippen LogP contribution in [0, 0.1) is 0 Å². The van der Waals surface area contributed by atoms with Crippen molar-refractivity contribution in [3.8, 4) is 17.2 Å². The van der Waals surface area contributed by atoms with E-state index in [-0.39, 0.29) is 28.6 Å². The van der Waals surface area contributed by atoms with Gasteiger partial charge in [-0.1, -0.05) is 24.3 Å². The van der Waals surface area contributed by atoms with Crippen LogP contribution in [0.25, 0.3) is 12.2 Å². The Hall–Kier alpha value is -4.20. The van der Waals surface area contributed by atoms with E-state index in [9.17, 15) is 40.2 Å². The van der Waals surface area contributed by atoms with Crippen molar-refractivity contribution in [2.24, 2.45) is 0 Å². The molecule has 1 aliphatic heterocycles. The number of ether oxygens (including phenoxy) is 3. The number of rotatable bonds is 10. The molecule has 1 aliphatic rings. The van der Waals surface area contributed by atoms with Crippen LogP contribution >= 0.6 is 0 Å². The van der Waals surface area contributed by atoms with Crippen LogP contribution in [0.5, 0.6) is 17.2 Å². The first-order valence-corrected chi connectivity index (χ1v) is 11.5. The van der Waals surface area contributed by atoms with Crippen LogP contribution < -0.4 is 9.47 Å². The third-order valence-electron chi connectivity index (χ3n) is 5.69. The molecule has 1 saturated heterocycles. The van der Waals surface area contributed by atoms with Crippen molar-refractivity contribution < 1.29 is 59.5 Å². The van der Waals surface area contributed by atoms with E-state index in [1.54, 1.807) is 6.07 Å². The SMILES string of the molecule is COc1cc(/C=C/C(=O)/C=C(O)/C=C/c2ccc(OC3OC(C(=O)O)C(O)C(O)C3O)c(CO)c2)ccc1O. The molecule has 12 heteroatoms. The first kappa shape index (κ1) is 29.4. The number of benzene rings is 2. The zero-order valence-electron chi connectivity index (χ0n) is 20.6. The maximum Gasteiger partial charge on any atom is 0.335 e. The molecule has 0 aliphatic carbocycles. The van der Waals surface area contributed by atoms with Gasteiger partial charge in [-0.05, 0) is 47.5 Å². The summed E-state index contributed by atoms with van der Waals surface area (Å²) in [7, 11) is 1.40. The Kier molecular flexibility index (Phi) is 9.82. The van der Waals surface area contributed by atoms with Gasteiger partial charge in [0.05, 0.1) is 13.7 Å². The normalized spacial score (nSPS) is 23.7. The van der Waals surface area contributed by atoms with Gasteiger partial charge < -0.3 is 50.0 Å². The Balaban J connectivity index is 1.68. The van der Waals surface area contributed by atoms with Crippen molar-refractivity contribution in [2.75, 3.05) is 7.11 Å². The second kappa shape index (κ2) is 13.0. The number of aromatic hydroxyl groups is 1. The minimum atomic E-state index is -1.87. The summed E-state index contributed by atoms with van der Waals surface area (Å²) in [4.78, 5) is 23.4. The van der Waals surface area contributed by atoms with Crippen molar-refractivity contribution in [1.29, 1.82) is 0 Å². The quantitative estimate of drug-likeness (QED) is 0.127. The number of carbonyl (C=O) groups is 2. The van der Waals surface area contributed by atoms with Gasteiger partial charge >= 0.3 is 5.97 Å². The lowest BCUT2D eigenvalue weighted by Gasteiger charge is -2.38. The van der Waals surface area contributed by atoms with Crippen LogP contribution in [0.4, 0.5) is 0 Å². The molecule has 0 amide bonds. The maximum atomic E-state index is 12.1. The zero-order valence-corrected chi connectivity index (χ0v) is 20.6. The summed E-state index contributed by atoms with van der Waals surface area (Å²) in [5.74, 6) is -2.22. The van der Waals surface area contributed by atoms with Crippen molar-refractivity contribution in [1.82, 2.24) is 0 Å². The van der Waals surface area contributed by atoms with Crippen molar-refractivity contribution in [3.63, 3.8) is 0 Å². The molecule has 208 valence electrons. The van der Waals surface area contributed by atoms with Crippen molar-refractivity contribution in [3.05, 3.63) is 77.1 Å². The fraction of sp³-hybridized carbons (Fsp3) is 0.259. The molecule has 5 unspecified atom stereocenters. The van der Waals surface area contributed by atoms with Crippen LogP contribution in [0.3, 0.4) is 0 Å². The Bertz CT molecular complexity index is 1280. The van der Waals surface area contributed by atoms with Crippen molar-refractivity contribution in [2.45, 2.75) is 37.3 Å². The van der Waals surface area contributed by atoms with Gasteiger partial charge in [0.2, 0.25) is 6.29 Å². The number of carboxylic acid groups (broad SMARTS) is 1. The summed E-state index contributed by atoms with van der Waals surface area (Å²) in [6.07, 6.45) is -2.61. The van der Waals surface area contributed by atoms with Gasteiger partial charge in [-0.25, -0.2) is 4.79 Å². The molecule has 1 heterocycles. The van der Waals surface area contributed by atoms with Crippen LogP contribution in [0.1, 0.15) is 16.7 Å². The number of ketones is 1. The standard InChI is InChI=1S/C27H28O12/c1-37-21-11-15(4-8-19(21)31)3-7-18(30)12-17(29)6-2-14-5-9-20(16(10-14)13-28)38-27-24(34)22(32)23(33)25(39-27)26(35)36/h2-12,22-25,27-29,31-34H,13H2,1H3,(H,35,36)/b6-2+,7-3+,17-12-. The summed E-state index contributed by atoms with van der Waals surface area (Å²) in [6, 6.07) is 8.89. The number of carbonyl (C=O) groups excluding carboxylic acids is 1. The van der Waals surface area contributed by atoms with Crippen LogP contribution in [0.15, 0.2) is 60.4 Å². The summed E-state index contributed by atoms with van der Waals surface area (Å²) in [5.41, 5.74) is 1.28. The highest BCUT2D eigenvalue weighted by Crippen LogP contribution is 2.28. The van der Waals surface area contributed by atoms with E-state index in [4.69, 9.17) is 19.3 Å². The molecular formula is C27H28O12. The van der Waals surface area contributed by atoms with E-state index >= 15 is 0 Å². The molecule has 3 rings (SSSR count). The second-order valence-corrected chi connectivity index (χ2v) is 8.45. The monoisotopic (exact) mass is 544 g/mol. The number of hydrogen-bond donors (Lipinski definition) is 7. The minimum Gasteiger partial charge on any atom is -0.508 e. The molecule has 0 spiro atoms. The predicted molar refractivity (Wildman–Crippen MR) is 136 cm³/mol. The molecule has 2 aromatic rings. The van der Waals surface area contributed by atoms with Gasteiger partial charge in [0, 0.05) is 11.6 Å². The molecule has 1 fully saturated rings. The lowest BCUT2D eigenvalue weighted by atomic mass is 9.99. The molecule has 0 bridgehead atoms. The summed E-state index contributed by atoms with van der Waals surface area (Å²) in [5, 5.41) is 68.5. The Morgan fingerprint density at radius 3 is 2.26 bits per heavy atom. The lowest BCUT2D eigenvalue weighted by molar-refractivity contribution is -0.271. The molecular weight excluding hydrogens is 516 g/mol. The maximum absolute atomic E-state index is 12.1. The van der Waals surface area contributed by atoms with E-state index < -0.39 is 49.1 Å². The van der Waals surface area contributed by atoms with E-state index in [1.807, 2.05) is 0 Å². The van der Waals surface area contributed by atoms with Gasteiger partial charge in [0.1, 0.15) is 29.8 Å². The minimum absolute atomic E-state index is 0.0115. The Labute approximate surface area is 222 Å². The van der Waals surface area contributed by atoms with Crippen LogP contribution in [-0.4, -0.2) is 85.3 Å². The number of aliphatic hydroxyl groups is 5. The largest absolute Gasteiger partial charge is 0.508 e. The zero-order chi connectivity index (χ0) is 28.7. The third kappa shape index (κ3) is 7.44. The van der Waals surface area contributed by atoms with E-state index in [0.717, 1.165) is 6.08 Å². The molecule has 7 N–H and O–H groups in total. The van der Waals surface area contributed by atoms with Gasteiger partial charge in [0.15, 0.2) is 23.4 Å². The summed E-state index contributed by atoms with van der Waals surface area (Å²) < 4.78 is 15.6. The molecule has 39 heavy (non-hydrogen) atoms. The van der Waals surface area contributed by atoms with Crippen LogP contribution in [-0.2, 0) is 20.9 Å². The highest BCUT2D eigenvalue weighted by Gasteiger charge is 2.48. The van der Waals surface area contributed by atoms with Gasteiger partial charge in [-0.3, -0.25) is 4.79 Å². The number of allylic oxidation sites excluding steroid dienone is 3. The molecule has 0 aromatic heterocycles. The molecule has 2 aromatic carbocycles. The number of phenols is 1. The second-order valence-electron chi connectivity index (χ2n) is 8.45. The highest BCUT2D eigenvalue weighted by molar-refractivity contribution is 6.02. The first-order valence-electron chi connectivity index (χ1n) is 11.5. The van der Waals surface area contributed by atoms with E-state index in [0.29, 0.717) is 11.1 Å². The Morgan fingerprint density at radius 2 is 1.59 bits per heavy atom. The van der Waals surface area contributed by atoms with Crippen molar-refractivity contribution >= 4 is 23.9 Å². The van der Waals surface area contributed by atoms with Gasteiger partial charge in [0.25, 0.3) is 0 Å². The summed E-state index contributed by atoms with van der Waals surface area (Å²) in [6.45, 7) is -0.527. The number of carboxylic acids is 1. The lowest BCUT2D eigenvalue weighted by Crippen LogP contribution is -2.61. The average molecular weight is 545 g/mol. The number of aliphatic hydroxyl groups excluding tert-OH is 5. The first-order chi connectivity index (χ1) is 18.5. The number of phenolic OH excluding ortho intramolecular Hbond substituents is 1. The Morgan fingerprint density at radius 1 is 0.923 bits per heavy atom. The van der Waals surface area contributed by atoms with E-state index in [1.165, 1.54) is 61.7 Å². The van der Waals surface area contributed by atoms with Crippen LogP contribution in [0.2, 0.25) is 0 Å². The van der Waals surface area contributed by atoms with Gasteiger partial charge in [-0.2, -0.15) is 0 Å². The fourth-order valence-electron chi connectivity index (χ4n) is 3.62. The number of aliphatic carboxylic acids is 1. The number of hydrogen-bond acceptors (Lipinski definition) is 11. The average Bonchev–Trinajstić information content (AvgIpc) is 2.91. The molecule has 0 radical (unpaired) electrons. The van der Waals surface area contributed by atoms with E-state index in [2.05, 4.69) is 0 Å². The molecule has 12 nitrogen and oxygen atoms in total. The highest BCUT2D eigenvalue weighted by atomic mass is 16.7.